The highest BCUT2D eigenvalue weighted by Gasteiger charge is 2.23. The lowest BCUT2D eigenvalue weighted by molar-refractivity contribution is -0.384. The first-order valence-corrected chi connectivity index (χ1v) is 5.78. The van der Waals surface area contributed by atoms with E-state index in [4.69, 9.17) is 10.8 Å². The van der Waals surface area contributed by atoms with Crippen LogP contribution < -0.4 is 11.1 Å². The van der Waals surface area contributed by atoms with Crippen molar-refractivity contribution in [2.24, 2.45) is 5.73 Å². The molecule has 1 aromatic carbocycles. The summed E-state index contributed by atoms with van der Waals surface area (Å²) in [5.41, 5.74) is 5.00. The lowest BCUT2D eigenvalue weighted by Gasteiger charge is -2.13. The maximum atomic E-state index is 11.9. The molecule has 0 heterocycles. The lowest BCUT2D eigenvalue weighted by Crippen LogP contribution is -2.43. The third-order valence-electron chi connectivity index (χ3n) is 2.54. The number of aryl methyl sites for hydroxylation is 1. The standard InChI is InChI=1S/C12H13N3O6/c1-6-2-7(4-8(3-6)15(20)21)11(17)14-9(12(18)19)5-10(13)16/h2-4,9H,5H2,1H3,(H2,13,16)(H,14,17)(H,18,19)/t9-/m1/s1. The van der Waals surface area contributed by atoms with Crippen LogP contribution in [0.5, 0.6) is 0 Å². The highest BCUT2D eigenvalue weighted by molar-refractivity contribution is 5.98. The molecule has 0 aliphatic heterocycles. The zero-order valence-electron chi connectivity index (χ0n) is 11.0. The molecule has 112 valence electrons. The van der Waals surface area contributed by atoms with Gasteiger partial charge < -0.3 is 16.2 Å². The monoisotopic (exact) mass is 295 g/mol. The number of amides is 2. The normalized spacial score (nSPS) is 11.5. The highest BCUT2D eigenvalue weighted by atomic mass is 16.6. The van der Waals surface area contributed by atoms with E-state index in [1.54, 1.807) is 6.92 Å². The number of aliphatic carboxylic acids is 1. The van der Waals surface area contributed by atoms with Gasteiger partial charge in [-0.3, -0.25) is 19.7 Å². The number of non-ortho nitro benzene ring substituents is 1. The van der Waals surface area contributed by atoms with E-state index in [0.29, 0.717) is 5.56 Å². The number of benzene rings is 1. The van der Waals surface area contributed by atoms with E-state index >= 15 is 0 Å². The van der Waals surface area contributed by atoms with Gasteiger partial charge in [0, 0.05) is 17.7 Å². The fraction of sp³-hybridized carbons (Fsp3) is 0.250. The smallest absolute Gasteiger partial charge is 0.326 e. The SMILES string of the molecule is Cc1cc(C(=O)N[C@H](CC(N)=O)C(=O)O)cc([N+](=O)[O-])c1. The van der Waals surface area contributed by atoms with Gasteiger partial charge in [-0.15, -0.1) is 0 Å². The summed E-state index contributed by atoms with van der Waals surface area (Å²) in [6.45, 7) is 1.56. The Labute approximate surface area is 118 Å². The summed E-state index contributed by atoms with van der Waals surface area (Å²) in [4.78, 5) is 43.6. The molecule has 0 spiro atoms. The van der Waals surface area contributed by atoms with Crippen molar-refractivity contribution >= 4 is 23.5 Å². The number of primary amides is 1. The summed E-state index contributed by atoms with van der Waals surface area (Å²) >= 11 is 0. The molecular formula is C12H13N3O6. The third kappa shape index (κ3) is 4.56. The van der Waals surface area contributed by atoms with E-state index in [2.05, 4.69) is 5.32 Å². The Balaban J connectivity index is 2.99. The van der Waals surface area contributed by atoms with Crippen LogP contribution in [0.3, 0.4) is 0 Å². The first kappa shape index (κ1) is 16.1. The number of carbonyl (C=O) groups is 3. The van der Waals surface area contributed by atoms with E-state index in [1.807, 2.05) is 0 Å². The van der Waals surface area contributed by atoms with Gasteiger partial charge in [-0.05, 0) is 18.6 Å². The Morgan fingerprint density at radius 2 is 2.00 bits per heavy atom. The molecule has 9 nitrogen and oxygen atoms in total. The molecular weight excluding hydrogens is 282 g/mol. The summed E-state index contributed by atoms with van der Waals surface area (Å²) in [5.74, 6) is -3.15. The first-order valence-electron chi connectivity index (χ1n) is 5.78. The van der Waals surface area contributed by atoms with Gasteiger partial charge in [0.05, 0.1) is 11.3 Å². The molecule has 0 aromatic heterocycles. The number of hydrogen-bond acceptors (Lipinski definition) is 5. The molecule has 0 saturated carbocycles. The van der Waals surface area contributed by atoms with Crippen molar-refractivity contribution in [3.05, 3.63) is 39.4 Å². The molecule has 0 fully saturated rings. The van der Waals surface area contributed by atoms with Crippen LogP contribution >= 0.6 is 0 Å². The molecule has 21 heavy (non-hydrogen) atoms. The van der Waals surface area contributed by atoms with Crippen LogP contribution in [0, 0.1) is 17.0 Å². The van der Waals surface area contributed by atoms with Crippen LogP contribution in [-0.2, 0) is 9.59 Å². The minimum atomic E-state index is -1.49. The number of nitrogens with one attached hydrogen (secondary N) is 1. The summed E-state index contributed by atoms with van der Waals surface area (Å²) in [7, 11) is 0. The fourth-order valence-corrected chi connectivity index (χ4v) is 1.64. The van der Waals surface area contributed by atoms with Crippen molar-refractivity contribution in [1.29, 1.82) is 0 Å². The Kier molecular flexibility index (Phi) is 4.95. The van der Waals surface area contributed by atoms with E-state index in [1.165, 1.54) is 12.1 Å². The van der Waals surface area contributed by atoms with Crippen molar-refractivity contribution in [3.8, 4) is 0 Å². The van der Waals surface area contributed by atoms with Crippen molar-refractivity contribution in [1.82, 2.24) is 5.32 Å². The number of nitrogens with zero attached hydrogens (tertiary/aromatic N) is 1. The molecule has 0 radical (unpaired) electrons. The topological polar surface area (TPSA) is 153 Å². The van der Waals surface area contributed by atoms with Crippen LogP contribution in [0.1, 0.15) is 22.3 Å². The molecule has 0 bridgehead atoms. The summed E-state index contributed by atoms with van der Waals surface area (Å²) in [6.07, 6.45) is -0.574. The second-order valence-electron chi connectivity index (χ2n) is 4.35. The van der Waals surface area contributed by atoms with Gasteiger partial charge in [-0.25, -0.2) is 4.79 Å². The molecule has 0 aliphatic carbocycles. The van der Waals surface area contributed by atoms with E-state index < -0.39 is 35.2 Å². The van der Waals surface area contributed by atoms with Gasteiger partial charge in [-0.1, -0.05) is 0 Å². The average molecular weight is 295 g/mol. The van der Waals surface area contributed by atoms with E-state index in [-0.39, 0.29) is 11.3 Å². The van der Waals surface area contributed by atoms with Gasteiger partial charge in [0.2, 0.25) is 5.91 Å². The quantitative estimate of drug-likeness (QED) is 0.494. The second kappa shape index (κ2) is 6.46. The minimum Gasteiger partial charge on any atom is -0.480 e. The largest absolute Gasteiger partial charge is 0.480 e. The Morgan fingerprint density at radius 1 is 1.38 bits per heavy atom. The zero-order chi connectivity index (χ0) is 16.2. The number of carboxylic acid groups (broad SMARTS) is 1. The molecule has 1 rings (SSSR count). The van der Waals surface area contributed by atoms with E-state index in [0.717, 1.165) is 6.07 Å². The maximum Gasteiger partial charge on any atom is 0.326 e. The highest BCUT2D eigenvalue weighted by Crippen LogP contribution is 2.16. The van der Waals surface area contributed by atoms with Crippen LogP contribution in [0.25, 0.3) is 0 Å². The number of carboxylic acids is 1. The van der Waals surface area contributed by atoms with Gasteiger partial charge >= 0.3 is 5.97 Å². The molecule has 9 heteroatoms. The summed E-state index contributed by atoms with van der Waals surface area (Å²) in [5, 5.41) is 21.7. The summed E-state index contributed by atoms with van der Waals surface area (Å²) in [6, 6.07) is 2.17. The Bertz CT molecular complexity index is 613. The van der Waals surface area contributed by atoms with Gasteiger partial charge in [0.15, 0.2) is 0 Å². The van der Waals surface area contributed by atoms with Crippen molar-refractivity contribution in [2.75, 3.05) is 0 Å². The molecule has 0 aliphatic rings. The first-order chi connectivity index (χ1) is 9.70. The predicted molar refractivity (Wildman–Crippen MR) is 70.5 cm³/mol. The molecule has 1 aromatic rings. The molecule has 4 N–H and O–H groups in total. The maximum absolute atomic E-state index is 11.9. The predicted octanol–water partition coefficient (Wildman–Crippen LogP) is -0.0384. The number of nitrogens with two attached hydrogens (primary N) is 1. The number of hydrogen-bond donors (Lipinski definition) is 3. The molecule has 1 atom stereocenters. The van der Waals surface area contributed by atoms with Crippen molar-refractivity contribution in [2.45, 2.75) is 19.4 Å². The van der Waals surface area contributed by atoms with Crippen molar-refractivity contribution in [3.63, 3.8) is 0 Å². The van der Waals surface area contributed by atoms with Crippen LogP contribution in [-0.4, -0.2) is 33.9 Å². The number of nitro groups is 1. The molecule has 0 saturated heterocycles. The molecule has 2 amide bonds. The van der Waals surface area contributed by atoms with Crippen molar-refractivity contribution < 1.29 is 24.4 Å². The van der Waals surface area contributed by atoms with Crippen LogP contribution in [0.2, 0.25) is 0 Å². The van der Waals surface area contributed by atoms with Crippen LogP contribution in [0.15, 0.2) is 18.2 Å². The van der Waals surface area contributed by atoms with Crippen LogP contribution in [0.4, 0.5) is 5.69 Å². The Morgan fingerprint density at radius 3 is 2.48 bits per heavy atom. The number of carbonyl (C=O) groups excluding carboxylic acids is 2. The number of rotatable bonds is 6. The number of nitro benzene ring substituents is 1. The summed E-state index contributed by atoms with van der Waals surface area (Å²) < 4.78 is 0. The third-order valence-corrected chi connectivity index (χ3v) is 2.54. The van der Waals surface area contributed by atoms with Gasteiger partial charge in [-0.2, -0.15) is 0 Å². The second-order valence-corrected chi connectivity index (χ2v) is 4.35. The lowest BCUT2D eigenvalue weighted by atomic mass is 10.1. The van der Waals surface area contributed by atoms with Gasteiger partial charge in [0.25, 0.3) is 11.6 Å². The average Bonchev–Trinajstić information content (AvgIpc) is 2.36. The fourth-order valence-electron chi connectivity index (χ4n) is 1.64. The zero-order valence-corrected chi connectivity index (χ0v) is 11.0. The van der Waals surface area contributed by atoms with E-state index in [9.17, 15) is 24.5 Å². The minimum absolute atomic E-state index is 0.0718. The van der Waals surface area contributed by atoms with Gasteiger partial charge in [0.1, 0.15) is 6.04 Å². The Hall–Kier alpha value is -2.97. The molecule has 0 unspecified atom stereocenters.